The average molecular weight is 261 g/mol. The second kappa shape index (κ2) is 3.95. The molecule has 2 aliphatic rings. The van der Waals surface area contributed by atoms with E-state index in [9.17, 15) is 18.3 Å². The van der Waals surface area contributed by atoms with E-state index in [1.807, 2.05) is 13.8 Å². The van der Waals surface area contributed by atoms with Crippen molar-refractivity contribution in [3.8, 4) is 0 Å². The third-order valence-corrected chi connectivity index (χ3v) is 5.90. The zero-order valence-corrected chi connectivity index (χ0v) is 11.0. The number of carbonyl (C=O) groups excluding carboxylic acids is 1. The van der Waals surface area contributed by atoms with Crippen molar-refractivity contribution in [2.45, 2.75) is 38.8 Å². The van der Waals surface area contributed by atoms with Crippen LogP contribution in [0.3, 0.4) is 0 Å². The average Bonchev–Trinajstić information content (AvgIpc) is 2.58. The molecule has 2 rings (SSSR count). The summed E-state index contributed by atoms with van der Waals surface area (Å²) >= 11 is 0. The molecule has 0 bridgehead atoms. The number of aliphatic hydroxyl groups is 1. The van der Waals surface area contributed by atoms with Crippen LogP contribution in [0.2, 0.25) is 0 Å². The van der Waals surface area contributed by atoms with Gasteiger partial charge in [0, 0.05) is 11.5 Å². The molecule has 1 saturated carbocycles. The van der Waals surface area contributed by atoms with E-state index in [0.717, 1.165) is 0 Å². The van der Waals surface area contributed by atoms with Crippen LogP contribution in [0, 0.1) is 11.3 Å². The Balaban J connectivity index is 1.91. The van der Waals surface area contributed by atoms with Crippen molar-refractivity contribution in [3.05, 3.63) is 0 Å². The highest BCUT2D eigenvalue weighted by Gasteiger charge is 2.48. The summed E-state index contributed by atoms with van der Waals surface area (Å²) < 4.78 is 22.5. The van der Waals surface area contributed by atoms with Gasteiger partial charge < -0.3 is 10.4 Å². The molecule has 3 unspecified atom stereocenters. The highest BCUT2D eigenvalue weighted by atomic mass is 32.2. The lowest BCUT2D eigenvalue weighted by Crippen LogP contribution is -2.61. The highest BCUT2D eigenvalue weighted by Crippen LogP contribution is 2.40. The molecule has 3 atom stereocenters. The summed E-state index contributed by atoms with van der Waals surface area (Å²) in [5.41, 5.74) is -0.312. The van der Waals surface area contributed by atoms with Crippen molar-refractivity contribution >= 4 is 15.7 Å². The van der Waals surface area contributed by atoms with Gasteiger partial charge >= 0.3 is 0 Å². The maximum Gasteiger partial charge on any atom is 0.224 e. The van der Waals surface area contributed by atoms with E-state index in [1.54, 1.807) is 0 Å². The minimum atomic E-state index is -3.01. The van der Waals surface area contributed by atoms with Crippen LogP contribution < -0.4 is 5.32 Å². The molecule has 98 valence electrons. The van der Waals surface area contributed by atoms with Gasteiger partial charge in [-0.15, -0.1) is 0 Å². The molecule has 17 heavy (non-hydrogen) atoms. The largest absolute Gasteiger partial charge is 0.392 e. The number of nitrogens with one attached hydrogen (secondary N) is 1. The SMILES string of the molecule is CC1(C)C(O)CC1NC(=O)C1CCS(=O)(=O)C1. The summed E-state index contributed by atoms with van der Waals surface area (Å²) in [7, 11) is -3.01. The Morgan fingerprint density at radius 3 is 2.47 bits per heavy atom. The molecule has 0 radical (unpaired) electrons. The lowest BCUT2D eigenvalue weighted by molar-refractivity contribution is -0.132. The lowest BCUT2D eigenvalue weighted by atomic mass is 9.64. The number of rotatable bonds is 2. The number of hydrogen-bond acceptors (Lipinski definition) is 4. The summed E-state index contributed by atoms with van der Waals surface area (Å²) in [5, 5.41) is 12.4. The normalized spacial score (nSPS) is 38.4. The molecule has 1 saturated heterocycles. The molecule has 5 nitrogen and oxygen atoms in total. The van der Waals surface area contributed by atoms with E-state index in [4.69, 9.17) is 0 Å². The van der Waals surface area contributed by atoms with Crippen LogP contribution in [0.25, 0.3) is 0 Å². The Bertz CT molecular complexity index is 429. The van der Waals surface area contributed by atoms with Crippen molar-refractivity contribution in [2.24, 2.45) is 11.3 Å². The quantitative estimate of drug-likeness (QED) is 0.714. The van der Waals surface area contributed by atoms with Gasteiger partial charge in [-0.2, -0.15) is 0 Å². The fourth-order valence-electron chi connectivity index (χ4n) is 2.44. The Labute approximate surface area is 102 Å². The van der Waals surface area contributed by atoms with Gasteiger partial charge in [0.1, 0.15) is 0 Å². The third-order valence-electron chi connectivity index (χ3n) is 4.14. The van der Waals surface area contributed by atoms with Gasteiger partial charge in [0.15, 0.2) is 9.84 Å². The second-order valence-corrected chi connectivity index (χ2v) is 7.96. The van der Waals surface area contributed by atoms with Crippen molar-refractivity contribution in [1.29, 1.82) is 0 Å². The van der Waals surface area contributed by atoms with E-state index in [1.165, 1.54) is 0 Å². The molecule has 0 aromatic carbocycles. The standard InChI is InChI=1S/C11H19NO4S/c1-11(2)8(5-9(11)13)12-10(14)7-3-4-17(15,16)6-7/h7-9,13H,3-6H2,1-2H3,(H,12,14). The summed E-state index contributed by atoms with van der Waals surface area (Å²) in [6, 6.07) is -0.0479. The van der Waals surface area contributed by atoms with E-state index < -0.39 is 15.8 Å². The molecule has 1 heterocycles. The molecule has 0 spiro atoms. The maximum atomic E-state index is 11.9. The minimum absolute atomic E-state index is 0.0332. The van der Waals surface area contributed by atoms with Crippen molar-refractivity contribution < 1.29 is 18.3 Å². The molecule has 0 aromatic heterocycles. The van der Waals surface area contributed by atoms with Crippen LogP contribution in [-0.2, 0) is 14.6 Å². The minimum Gasteiger partial charge on any atom is -0.392 e. The zero-order valence-electron chi connectivity index (χ0n) is 10.1. The first-order chi connectivity index (χ1) is 7.72. The van der Waals surface area contributed by atoms with E-state index in [-0.39, 0.29) is 35.0 Å². The predicted molar refractivity (Wildman–Crippen MR) is 63.1 cm³/mol. The van der Waals surface area contributed by atoms with Gasteiger partial charge in [-0.05, 0) is 12.8 Å². The number of aliphatic hydroxyl groups excluding tert-OH is 1. The molecular weight excluding hydrogens is 242 g/mol. The lowest BCUT2D eigenvalue weighted by Gasteiger charge is -2.49. The summed E-state index contributed by atoms with van der Waals surface area (Å²) in [6.45, 7) is 3.80. The Kier molecular flexibility index (Phi) is 2.98. The first-order valence-corrected chi connectivity index (χ1v) is 7.73. The van der Waals surface area contributed by atoms with Gasteiger partial charge in [-0.25, -0.2) is 8.42 Å². The summed E-state index contributed by atoms with van der Waals surface area (Å²) in [6.07, 6.45) is 0.585. The van der Waals surface area contributed by atoms with Crippen LogP contribution in [0.5, 0.6) is 0 Å². The fraction of sp³-hybridized carbons (Fsp3) is 0.909. The molecule has 1 aliphatic carbocycles. The summed E-state index contributed by atoms with van der Waals surface area (Å²) in [5.74, 6) is -0.513. The first-order valence-electron chi connectivity index (χ1n) is 5.91. The van der Waals surface area contributed by atoms with Crippen LogP contribution in [0.4, 0.5) is 0 Å². The molecule has 0 aromatic rings. The summed E-state index contributed by atoms with van der Waals surface area (Å²) in [4.78, 5) is 11.9. The maximum absolute atomic E-state index is 11.9. The van der Waals surface area contributed by atoms with Gasteiger partial charge in [0.25, 0.3) is 0 Å². The fourth-order valence-corrected chi connectivity index (χ4v) is 4.18. The molecule has 1 aliphatic heterocycles. The van der Waals surface area contributed by atoms with Gasteiger partial charge in [0.2, 0.25) is 5.91 Å². The zero-order chi connectivity index (χ0) is 12.8. The number of hydrogen-bond donors (Lipinski definition) is 2. The Morgan fingerprint density at radius 1 is 1.41 bits per heavy atom. The molecule has 2 fully saturated rings. The molecule has 1 amide bonds. The van der Waals surface area contributed by atoms with E-state index in [2.05, 4.69) is 5.32 Å². The van der Waals surface area contributed by atoms with Crippen molar-refractivity contribution in [2.75, 3.05) is 11.5 Å². The van der Waals surface area contributed by atoms with Crippen LogP contribution in [0.1, 0.15) is 26.7 Å². The van der Waals surface area contributed by atoms with Crippen LogP contribution in [-0.4, -0.2) is 43.1 Å². The van der Waals surface area contributed by atoms with Crippen molar-refractivity contribution in [1.82, 2.24) is 5.32 Å². The van der Waals surface area contributed by atoms with E-state index in [0.29, 0.717) is 12.8 Å². The predicted octanol–water partition coefficient (Wildman–Crippen LogP) is -0.303. The number of amides is 1. The third kappa shape index (κ3) is 2.33. The highest BCUT2D eigenvalue weighted by molar-refractivity contribution is 7.91. The van der Waals surface area contributed by atoms with Gasteiger partial charge in [0.05, 0.1) is 23.5 Å². The van der Waals surface area contributed by atoms with Crippen LogP contribution >= 0.6 is 0 Å². The molecule has 6 heteroatoms. The van der Waals surface area contributed by atoms with Gasteiger partial charge in [-0.1, -0.05) is 13.8 Å². The Morgan fingerprint density at radius 2 is 2.06 bits per heavy atom. The molecular formula is C11H19NO4S. The van der Waals surface area contributed by atoms with Crippen molar-refractivity contribution in [3.63, 3.8) is 0 Å². The second-order valence-electron chi connectivity index (χ2n) is 5.73. The van der Waals surface area contributed by atoms with Crippen LogP contribution in [0.15, 0.2) is 0 Å². The number of carbonyl (C=O) groups is 1. The van der Waals surface area contributed by atoms with Gasteiger partial charge in [-0.3, -0.25) is 4.79 Å². The monoisotopic (exact) mass is 261 g/mol. The smallest absolute Gasteiger partial charge is 0.224 e. The first kappa shape index (κ1) is 12.8. The molecule has 2 N–H and O–H groups in total. The topological polar surface area (TPSA) is 83.5 Å². The Hall–Kier alpha value is -0.620. The number of sulfone groups is 1. The van der Waals surface area contributed by atoms with E-state index >= 15 is 0 Å².